The summed E-state index contributed by atoms with van der Waals surface area (Å²) in [6.45, 7) is 0.190. The van der Waals surface area contributed by atoms with Gasteiger partial charge in [0.2, 0.25) is 0 Å². The normalized spacial score (nSPS) is 9.33. The number of benzene rings is 1. The van der Waals surface area contributed by atoms with Gasteiger partial charge < -0.3 is 9.84 Å². The predicted octanol–water partition coefficient (Wildman–Crippen LogP) is 1.34. The lowest BCUT2D eigenvalue weighted by molar-refractivity contribution is -0.137. The van der Waals surface area contributed by atoms with Crippen molar-refractivity contribution in [3.05, 3.63) is 30.3 Å². The molecule has 0 heterocycles. The third kappa shape index (κ3) is 3.05. The molecule has 3 nitrogen and oxygen atoms in total. The van der Waals surface area contributed by atoms with Crippen molar-refractivity contribution >= 4 is 5.97 Å². The van der Waals surface area contributed by atoms with Crippen LogP contribution in [0.15, 0.2) is 24.3 Å². The van der Waals surface area contributed by atoms with Gasteiger partial charge in [-0.3, -0.25) is 4.79 Å². The Balaban J connectivity index is 2.29. The summed E-state index contributed by atoms with van der Waals surface area (Å²) in [5.74, 6) is -0.273. The Morgan fingerprint density at radius 3 is 3.00 bits per heavy atom. The first-order valence-electron chi connectivity index (χ1n) is 3.60. The monoisotopic (exact) mass is 165 g/mol. The van der Waals surface area contributed by atoms with Crippen molar-refractivity contribution in [3.63, 3.8) is 0 Å². The molecule has 0 aromatic heterocycles. The Kier molecular flexibility index (Phi) is 3.14. The van der Waals surface area contributed by atoms with Gasteiger partial charge in [0.15, 0.2) is 0 Å². The van der Waals surface area contributed by atoms with E-state index in [0.29, 0.717) is 5.75 Å². The van der Waals surface area contributed by atoms with Crippen LogP contribution in [-0.2, 0) is 4.79 Å². The van der Waals surface area contributed by atoms with Crippen LogP contribution in [0.25, 0.3) is 0 Å². The summed E-state index contributed by atoms with van der Waals surface area (Å²) in [6.07, 6.45) is 0.0166. The molecule has 0 saturated heterocycles. The van der Waals surface area contributed by atoms with Crippen LogP contribution in [0.2, 0.25) is 0 Å². The van der Waals surface area contributed by atoms with E-state index in [-0.39, 0.29) is 13.0 Å². The highest BCUT2D eigenvalue weighted by Crippen LogP contribution is 2.06. The average Bonchev–Trinajstić information content (AvgIpc) is 2.05. The van der Waals surface area contributed by atoms with Crippen LogP contribution >= 0.6 is 0 Å². The number of ether oxygens (including phenoxy) is 1. The highest BCUT2D eigenvalue weighted by atomic mass is 16.5. The van der Waals surface area contributed by atoms with Crippen molar-refractivity contribution in [1.29, 1.82) is 0 Å². The van der Waals surface area contributed by atoms with Crippen molar-refractivity contribution in [2.24, 2.45) is 0 Å². The highest BCUT2D eigenvalue weighted by Gasteiger charge is 1.96. The smallest absolute Gasteiger partial charge is 0.306 e. The SMILES string of the molecule is O=C(O)CCOc1[c]cccc1. The largest absolute Gasteiger partial charge is 0.492 e. The Labute approximate surface area is 70.6 Å². The summed E-state index contributed by atoms with van der Waals surface area (Å²) in [7, 11) is 0. The Morgan fingerprint density at radius 1 is 1.58 bits per heavy atom. The zero-order valence-corrected chi connectivity index (χ0v) is 6.49. The van der Waals surface area contributed by atoms with Crippen molar-refractivity contribution < 1.29 is 14.6 Å². The highest BCUT2D eigenvalue weighted by molar-refractivity contribution is 5.66. The van der Waals surface area contributed by atoms with E-state index in [1.165, 1.54) is 0 Å². The molecule has 1 radical (unpaired) electrons. The lowest BCUT2D eigenvalue weighted by Gasteiger charge is -2.01. The zero-order chi connectivity index (χ0) is 8.81. The van der Waals surface area contributed by atoms with Gasteiger partial charge in [0.1, 0.15) is 5.75 Å². The zero-order valence-electron chi connectivity index (χ0n) is 6.49. The van der Waals surface area contributed by atoms with Crippen LogP contribution in [0.3, 0.4) is 0 Å². The van der Waals surface area contributed by atoms with Gasteiger partial charge in [-0.25, -0.2) is 0 Å². The molecule has 0 bridgehead atoms. The average molecular weight is 165 g/mol. The van der Waals surface area contributed by atoms with Crippen LogP contribution in [0.5, 0.6) is 5.75 Å². The van der Waals surface area contributed by atoms with E-state index in [4.69, 9.17) is 9.84 Å². The predicted molar refractivity (Wildman–Crippen MR) is 43.0 cm³/mol. The number of hydrogen-bond donors (Lipinski definition) is 1. The van der Waals surface area contributed by atoms with E-state index in [2.05, 4.69) is 6.07 Å². The minimum Gasteiger partial charge on any atom is -0.492 e. The molecule has 0 fully saturated rings. The summed E-state index contributed by atoms with van der Waals surface area (Å²) in [5, 5.41) is 8.30. The van der Waals surface area contributed by atoms with Crippen LogP contribution in [0.4, 0.5) is 0 Å². The molecule has 1 rings (SSSR count). The quantitative estimate of drug-likeness (QED) is 0.732. The fourth-order valence-electron chi connectivity index (χ4n) is 0.715. The fourth-order valence-corrected chi connectivity index (χ4v) is 0.715. The number of aliphatic carboxylic acids is 1. The molecule has 0 amide bonds. The van der Waals surface area contributed by atoms with Crippen LogP contribution in [-0.4, -0.2) is 17.7 Å². The van der Waals surface area contributed by atoms with Gasteiger partial charge in [-0.15, -0.1) is 0 Å². The second kappa shape index (κ2) is 4.38. The number of hydrogen-bond acceptors (Lipinski definition) is 2. The maximum Gasteiger partial charge on any atom is 0.306 e. The molecule has 1 N–H and O–H groups in total. The van der Waals surface area contributed by atoms with Gasteiger partial charge in [0.25, 0.3) is 0 Å². The standard InChI is InChI=1S/C9H9O3/c10-9(11)6-7-12-8-4-2-1-3-5-8/h1-4H,6-7H2,(H,10,11). The Hall–Kier alpha value is -1.51. The fraction of sp³-hybridized carbons (Fsp3) is 0.222. The van der Waals surface area contributed by atoms with Crippen molar-refractivity contribution in [1.82, 2.24) is 0 Å². The van der Waals surface area contributed by atoms with E-state index in [9.17, 15) is 4.79 Å². The van der Waals surface area contributed by atoms with Crippen molar-refractivity contribution in [2.45, 2.75) is 6.42 Å². The first-order chi connectivity index (χ1) is 5.79. The number of carboxylic acids is 1. The minimum absolute atomic E-state index is 0.0166. The van der Waals surface area contributed by atoms with Crippen molar-refractivity contribution in [2.75, 3.05) is 6.61 Å². The molecule has 0 spiro atoms. The molecule has 0 aliphatic carbocycles. The molecule has 0 saturated carbocycles. The molecule has 0 aliphatic heterocycles. The molecule has 0 unspecified atom stereocenters. The van der Waals surface area contributed by atoms with E-state index >= 15 is 0 Å². The molecule has 1 aromatic rings. The Bertz CT molecular complexity index is 243. The van der Waals surface area contributed by atoms with Gasteiger partial charge in [0.05, 0.1) is 13.0 Å². The second-order valence-electron chi connectivity index (χ2n) is 2.22. The molecular weight excluding hydrogens is 156 g/mol. The van der Waals surface area contributed by atoms with Crippen LogP contribution in [0, 0.1) is 6.07 Å². The third-order valence-electron chi connectivity index (χ3n) is 1.25. The lowest BCUT2D eigenvalue weighted by atomic mass is 10.3. The van der Waals surface area contributed by atoms with Gasteiger partial charge >= 0.3 is 5.97 Å². The third-order valence-corrected chi connectivity index (χ3v) is 1.25. The molecule has 12 heavy (non-hydrogen) atoms. The van der Waals surface area contributed by atoms with Gasteiger partial charge in [-0.1, -0.05) is 18.2 Å². The minimum atomic E-state index is -0.856. The maximum absolute atomic E-state index is 10.1. The summed E-state index contributed by atoms with van der Waals surface area (Å²) in [5.41, 5.74) is 0. The number of rotatable bonds is 4. The van der Waals surface area contributed by atoms with Crippen molar-refractivity contribution in [3.8, 4) is 5.75 Å². The van der Waals surface area contributed by atoms with Gasteiger partial charge in [-0.2, -0.15) is 0 Å². The topological polar surface area (TPSA) is 46.5 Å². The van der Waals surface area contributed by atoms with E-state index in [1.807, 2.05) is 12.1 Å². The molecule has 1 aromatic carbocycles. The van der Waals surface area contributed by atoms with Gasteiger partial charge in [-0.05, 0) is 6.07 Å². The number of para-hydroxylation sites is 1. The van der Waals surface area contributed by atoms with E-state index in [0.717, 1.165) is 0 Å². The van der Waals surface area contributed by atoms with Gasteiger partial charge in [0, 0.05) is 6.07 Å². The summed E-state index contributed by atoms with van der Waals surface area (Å²) < 4.78 is 5.08. The number of carbonyl (C=O) groups is 1. The van der Waals surface area contributed by atoms with Crippen LogP contribution < -0.4 is 4.74 Å². The summed E-state index contributed by atoms with van der Waals surface area (Å²) in [6, 6.07) is 9.92. The molecule has 3 heteroatoms. The summed E-state index contributed by atoms with van der Waals surface area (Å²) in [4.78, 5) is 10.1. The maximum atomic E-state index is 10.1. The summed E-state index contributed by atoms with van der Waals surface area (Å²) >= 11 is 0. The lowest BCUT2D eigenvalue weighted by Crippen LogP contribution is -2.04. The molecular formula is C9H9O3. The molecule has 0 aliphatic rings. The van der Waals surface area contributed by atoms with E-state index in [1.54, 1.807) is 12.1 Å². The molecule has 0 atom stereocenters. The number of carboxylic acid groups (broad SMARTS) is 1. The van der Waals surface area contributed by atoms with Crippen LogP contribution in [0.1, 0.15) is 6.42 Å². The first kappa shape index (κ1) is 8.59. The molecule has 63 valence electrons. The Morgan fingerprint density at radius 2 is 2.42 bits per heavy atom. The second-order valence-corrected chi connectivity index (χ2v) is 2.22. The van der Waals surface area contributed by atoms with E-state index < -0.39 is 5.97 Å². The first-order valence-corrected chi connectivity index (χ1v) is 3.60.